The molecule has 2 N–H and O–H groups in total. The summed E-state index contributed by atoms with van der Waals surface area (Å²) in [6, 6.07) is 16.2. The quantitative estimate of drug-likeness (QED) is 0.172. The molecule has 3 fully saturated rings. The van der Waals surface area contributed by atoms with E-state index in [2.05, 4.69) is 5.32 Å². The van der Waals surface area contributed by atoms with Crippen LogP contribution in [0.4, 0.5) is 4.79 Å². The molecule has 3 aliphatic carbocycles. The van der Waals surface area contributed by atoms with Crippen molar-refractivity contribution in [2.24, 2.45) is 16.7 Å². The second kappa shape index (κ2) is 16.1. The minimum Gasteiger partial charge on any atom is -0.458 e. The molecule has 1 heterocycles. The summed E-state index contributed by atoms with van der Waals surface area (Å²) in [4.78, 5) is 70.0. The predicted molar refractivity (Wildman–Crippen MR) is 212 cm³/mol. The Morgan fingerprint density at radius 2 is 1.58 bits per heavy atom. The number of amides is 1. The Kier molecular flexibility index (Phi) is 12.0. The number of Topliss-reactive ketones (excluding diaryl/α,β-unsaturated/α-hetero) is 1. The van der Waals surface area contributed by atoms with Crippen LogP contribution in [-0.4, -0.2) is 103 Å². The number of aliphatic hydroxyl groups is 1. The molecule has 2 saturated carbocycles. The lowest BCUT2D eigenvalue weighted by Gasteiger charge is -2.67. The maximum atomic E-state index is 15.5. The van der Waals surface area contributed by atoms with Crippen LogP contribution < -0.4 is 5.32 Å². The third-order valence-electron chi connectivity index (χ3n) is 12.9. The van der Waals surface area contributed by atoms with Gasteiger partial charge < -0.3 is 43.6 Å². The van der Waals surface area contributed by atoms with Crippen molar-refractivity contribution >= 4 is 29.8 Å². The molecule has 10 unspecified atom stereocenters. The minimum atomic E-state index is -2.13. The van der Waals surface area contributed by atoms with E-state index in [1.165, 1.54) is 21.1 Å². The van der Waals surface area contributed by atoms with E-state index in [1.807, 2.05) is 0 Å². The zero-order valence-corrected chi connectivity index (χ0v) is 35.5. The summed E-state index contributed by atoms with van der Waals surface area (Å²) < 4.78 is 42.7. The highest BCUT2D eigenvalue weighted by molar-refractivity contribution is 5.94. The van der Waals surface area contributed by atoms with E-state index in [1.54, 1.807) is 109 Å². The van der Waals surface area contributed by atoms with Crippen molar-refractivity contribution < 1.29 is 62.2 Å². The van der Waals surface area contributed by atoms with Crippen LogP contribution in [0.25, 0.3) is 0 Å². The van der Waals surface area contributed by atoms with Gasteiger partial charge in [-0.2, -0.15) is 0 Å². The number of carbonyl (C=O) groups excluding carboxylic acids is 5. The molecule has 59 heavy (non-hydrogen) atoms. The summed E-state index contributed by atoms with van der Waals surface area (Å²) in [7, 11) is 2.85. The van der Waals surface area contributed by atoms with Gasteiger partial charge >= 0.3 is 24.0 Å². The topological polar surface area (TPSA) is 182 Å². The first-order valence-electron chi connectivity index (χ1n) is 20.0. The van der Waals surface area contributed by atoms with Gasteiger partial charge in [-0.15, -0.1) is 0 Å². The van der Waals surface area contributed by atoms with Crippen LogP contribution in [0.15, 0.2) is 71.8 Å². The minimum absolute atomic E-state index is 0.151. The Balaban J connectivity index is 1.50. The molecule has 2 aromatic rings. The SMILES string of the molecule is COC1C(=O)C2(C)C(OC)CC3OCC3(OC(C)=O)C2C(OC(=O)c2ccccc2)C2(O)CC(OC(=O)CC(NC(=O)OC(C)(C)C)c3ccccc3)C(C)=C1C2(C)C. The van der Waals surface area contributed by atoms with Crippen molar-refractivity contribution in [3.8, 4) is 0 Å². The fraction of sp³-hybridized carbons (Fsp3) is 0.578. The van der Waals surface area contributed by atoms with Crippen LogP contribution >= 0.6 is 0 Å². The van der Waals surface area contributed by atoms with Crippen molar-refractivity contribution in [2.75, 3.05) is 20.8 Å². The van der Waals surface area contributed by atoms with Crippen LogP contribution in [0.3, 0.4) is 0 Å². The van der Waals surface area contributed by atoms with Crippen LogP contribution in [-0.2, 0) is 47.5 Å². The monoisotopic (exact) mass is 819 g/mol. The zero-order chi connectivity index (χ0) is 43.3. The molecule has 1 amide bonds. The van der Waals surface area contributed by atoms with E-state index in [0.717, 1.165) is 0 Å². The first kappa shape index (κ1) is 43.9. The molecule has 320 valence electrons. The number of hydrogen-bond donors (Lipinski definition) is 2. The van der Waals surface area contributed by atoms with Crippen LogP contribution in [0.1, 0.15) is 96.6 Å². The zero-order valence-electron chi connectivity index (χ0n) is 35.5. The van der Waals surface area contributed by atoms with Gasteiger partial charge in [-0.05, 0) is 63.5 Å². The van der Waals surface area contributed by atoms with E-state index < -0.39 is 99.9 Å². The van der Waals surface area contributed by atoms with Gasteiger partial charge in [-0.3, -0.25) is 14.4 Å². The van der Waals surface area contributed by atoms with Gasteiger partial charge in [0, 0.05) is 39.4 Å². The highest BCUT2D eigenvalue weighted by Crippen LogP contribution is 2.64. The van der Waals surface area contributed by atoms with E-state index in [9.17, 15) is 24.3 Å². The molecule has 4 aliphatic rings. The fourth-order valence-electron chi connectivity index (χ4n) is 10.0. The summed E-state index contributed by atoms with van der Waals surface area (Å²) in [5.41, 5.74) is -5.89. The van der Waals surface area contributed by atoms with Crippen molar-refractivity contribution in [3.05, 3.63) is 82.9 Å². The lowest BCUT2D eigenvalue weighted by molar-refractivity contribution is -0.347. The Labute approximate surface area is 345 Å². The number of hydrogen-bond acceptors (Lipinski definition) is 13. The Hall–Kier alpha value is -4.63. The molecule has 14 heteroatoms. The number of carbonyl (C=O) groups is 5. The molecule has 1 saturated heterocycles. The van der Waals surface area contributed by atoms with E-state index in [0.29, 0.717) is 16.7 Å². The largest absolute Gasteiger partial charge is 0.458 e. The molecular weight excluding hydrogens is 762 g/mol. The van der Waals surface area contributed by atoms with Crippen LogP contribution in [0.5, 0.6) is 0 Å². The number of ketones is 1. The number of fused-ring (bicyclic) bond motifs is 5. The Morgan fingerprint density at radius 1 is 0.949 bits per heavy atom. The van der Waals surface area contributed by atoms with Gasteiger partial charge in [-0.25, -0.2) is 9.59 Å². The number of benzene rings is 2. The lowest BCUT2D eigenvalue weighted by atomic mass is 9.44. The second-order valence-electron chi connectivity index (χ2n) is 17.9. The number of ether oxygens (including phenoxy) is 7. The van der Waals surface area contributed by atoms with Gasteiger partial charge in [0.15, 0.2) is 11.4 Å². The first-order valence-corrected chi connectivity index (χ1v) is 20.0. The average Bonchev–Trinajstić information content (AvgIpc) is 3.16. The third kappa shape index (κ3) is 7.69. The fourth-order valence-corrected chi connectivity index (χ4v) is 10.0. The maximum Gasteiger partial charge on any atom is 0.408 e. The van der Waals surface area contributed by atoms with Crippen molar-refractivity contribution in [1.82, 2.24) is 5.32 Å². The van der Waals surface area contributed by atoms with Crippen molar-refractivity contribution in [3.63, 3.8) is 0 Å². The molecule has 2 bridgehead atoms. The predicted octanol–water partition coefficient (Wildman–Crippen LogP) is 5.60. The molecule has 0 radical (unpaired) electrons. The summed E-state index contributed by atoms with van der Waals surface area (Å²) in [5, 5.41) is 16.5. The van der Waals surface area contributed by atoms with E-state index >= 15 is 4.79 Å². The summed E-state index contributed by atoms with van der Waals surface area (Å²) in [6.07, 6.45) is -6.94. The third-order valence-corrected chi connectivity index (χ3v) is 12.9. The summed E-state index contributed by atoms with van der Waals surface area (Å²) >= 11 is 0. The standard InChI is InChI=1S/C45H57NO13/c1-25-30(56-33(48)21-29(27-17-13-11-14-18-27)46-40(51)59-41(3,4)5)23-45(52)38(57-39(50)28-19-15-12-16-20-28)36-43(8,37(49)35(54-10)34(25)42(45,6)7)31(53-9)22-32-44(36,24-55-32)58-26(2)47/h11-20,29-32,35-36,38,52H,21-24H2,1-10H3,(H,46,51). The molecule has 0 aromatic heterocycles. The second-order valence-corrected chi connectivity index (χ2v) is 17.9. The van der Waals surface area contributed by atoms with Gasteiger partial charge in [0.2, 0.25) is 0 Å². The highest BCUT2D eigenvalue weighted by Gasteiger charge is 2.78. The lowest BCUT2D eigenvalue weighted by Crippen LogP contribution is -2.82. The van der Waals surface area contributed by atoms with Gasteiger partial charge in [0.05, 0.1) is 42.1 Å². The molecule has 0 spiro atoms. The molecule has 2 aromatic carbocycles. The molecular formula is C45H57NO13. The smallest absolute Gasteiger partial charge is 0.408 e. The van der Waals surface area contributed by atoms with Crippen LogP contribution in [0.2, 0.25) is 0 Å². The summed E-state index contributed by atoms with van der Waals surface area (Å²) in [6.45, 7) is 13.1. The van der Waals surface area contributed by atoms with Gasteiger partial charge in [0.25, 0.3) is 0 Å². The molecule has 10 atom stereocenters. The highest BCUT2D eigenvalue weighted by atomic mass is 16.6. The molecule has 6 rings (SSSR count). The van der Waals surface area contributed by atoms with Crippen LogP contribution in [0, 0.1) is 16.7 Å². The van der Waals surface area contributed by atoms with E-state index in [4.69, 9.17) is 33.2 Å². The average molecular weight is 820 g/mol. The first-order chi connectivity index (χ1) is 27.6. The molecule has 14 nitrogen and oxygen atoms in total. The van der Waals surface area contributed by atoms with E-state index in [-0.39, 0.29) is 31.4 Å². The van der Waals surface area contributed by atoms with Crippen molar-refractivity contribution in [2.45, 2.75) is 128 Å². The Bertz CT molecular complexity index is 1980. The van der Waals surface area contributed by atoms with Gasteiger partial charge in [0.1, 0.15) is 35.6 Å². The maximum absolute atomic E-state index is 15.5. The number of alkyl carbamates (subject to hydrolysis) is 1. The normalized spacial score (nSPS) is 32.8. The molecule has 1 aliphatic heterocycles. The Morgan fingerprint density at radius 3 is 2.12 bits per heavy atom. The van der Waals surface area contributed by atoms with Crippen molar-refractivity contribution in [1.29, 1.82) is 0 Å². The summed E-state index contributed by atoms with van der Waals surface area (Å²) in [5.74, 6) is -3.91. The van der Waals surface area contributed by atoms with Gasteiger partial charge in [-0.1, -0.05) is 62.4 Å². The number of nitrogens with one attached hydrogen (secondary N) is 1. The number of rotatable bonds is 10. The number of methoxy groups -OCH3 is 2. The number of esters is 3.